The van der Waals surface area contributed by atoms with Gasteiger partial charge in [0.25, 0.3) is 0 Å². The van der Waals surface area contributed by atoms with E-state index in [0.29, 0.717) is 23.3 Å². The number of aromatic nitrogens is 6. The summed E-state index contributed by atoms with van der Waals surface area (Å²) in [5.41, 5.74) is 9.25. The topological polar surface area (TPSA) is 66.6 Å². The predicted octanol–water partition coefficient (Wildman–Crippen LogP) is 14.1. The molecule has 11 aromatic carbocycles. The molecule has 0 spiro atoms. The lowest BCUT2D eigenvalue weighted by Crippen LogP contribution is -2.74. The van der Waals surface area contributed by atoms with E-state index in [2.05, 4.69) is 281 Å². The van der Waals surface area contributed by atoms with Gasteiger partial charge in [-0.2, -0.15) is 15.0 Å². The number of hydrogen-bond acceptors (Lipinski definition) is 4. The summed E-state index contributed by atoms with van der Waals surface area (Å²) in [4.78, 5) is 17.1. The molecule has 0 saturated carbocycles. The predicted molar refractivity (Wildman–Crippen MR) is 319 cm³/mol. The smallest absolute Gasteiger partial charge is 0.240 e. The van der Waals surface area contributed by atoms with Crippen molar-refractivity contribution < 1.29 is 4.42 Å². The summed E-state index contributed by atoms with van der Waals surface area (Å²) in [5, 5.41) is 13.9. The molecular weight excluding hydrogens is 957 g/mol. The molecule has 77 heavy (non-hydrogen) atoms. The van der Waals surface area contributed by atoms with Gasteiger partial charge in [0.05, 0.1) is 44.4 Å². The first-order valence-electron chi connectivity index (χ1n) is 26.1. The number of nitrogens with zero attached hydrogens (tertiary/aromatic N) is 6. The van der Waals surface area contributed by atoms with Gasteiger partial charge in [-0.05, 0) is 75.3 Å². The fourth-order valence-electron chi connectivity index (χ4n) is 12.7. The lowest BCUT2D eigenvalue weighted by Gasteiger charge is -2.34. The molecule has 0 radical (unpaired) electrons. The number of benzene rings is 11. The molecule has 16 rings (SSSR count). The van der Waals surface area contributed by atoms with E-state index in [9.17, 15) is 0 Å². The Morgan fingerprint density at radius 2 is 0.662 bits per heavy atom. The Bertz CT molecular complexity index is 4610. The summed E-state index contributed by atoms with van der Waals surface area (Å²) in [6.45, 7) is 0. The maximum Gasteiger partial charge on any atom is 0.240 e. The Balaban J connectivity index is 1.09. The molecule has 0 aliphatic rings. The molecule has 7 nitrogen and oxygen atoms in total. The second-order valence-electron chi connectivity index (χ2n) is 19.8. The Labute approximate surface area is 442 Å². The van der Waals surface area contributed by atoms with Crippen LogP contribution in [0.3, 0.4) is 0 Å². The van der Waals surface area contributed by atoms with Crippen molar-refractivity contribution in [1.29, 1.82) is 0 Å². The van der Waals surface area contributed by atoms with Gasteiger partial charge in [0.2, 0.25) is 11.9 Å². The average molecular weight is 1000 g/mol. The van der Waals surface area contributed by atoms with E-state index in [4.69, 9.17) is 19.4 Å². The Hall–Kier alpha value is -10.2. The highest BCUT2D eigenvalue weighted by atomic mass is 28.3. The molecule has 0 aliphatic heterocycles. The molecule has 5 aromatic heterocycles. The standard InChI is InChI=1S/C69H44N6OSi/c1-4-23-45(24-5-1)77(46-25-6-2-7-26-46,47-27-8-3-9-28-47)63-42-22-41-62-64(63)54-43-44-61(73-55-35-16-10-29-48(55)49-30-11-17-36-56(49)73)65(66(54)76-62)67-70-68(74-57-37-18-12-31-50(57)51-32-13-19-38-58(51)74)72-69(71-67)75-59-39-20-14-33-52(59)53-34-15-21-40-60(53)75/h1-44H. The summed E-state index contributed by atoms with van der Waals surface area (Å²) < 4.78 is 14.3. The minimum atomic E-state index is -3.09. The molecule has 0 N–H and O–H groups in total. The summed E-state index contributed by atoms with van der Waals surface area (Å²) in [7, 11) is -3.09. The van der Waals surface area contributed by atoms with Crippen molar-refractivity contribution >= 4 is 116 Å². The zero-order valence-electron chi connectivity index (χ0n) is 41.5. The van der Waals surface area contributed by atoms with Gasteiger partial charge < -0.3 is 8.98 Å². The third-order valence-corrected chi connectivity index (χ3v) is 20.7. The third kappa shape index (κ3) is 6.27. The van der Waals surface area contributed by atoms with Crippen LogP contribution in [0.4, 0.5) is 0 Å². The first-order valence-corrected chi connectivity index (χ1v) is 28.1. The minimum Gasteiger partial charge on any atom is -0.455 e. The molecule has 0 bridgehead atoms. The first kappa shape index (κ1) is 43.3. The number of fused-ring (bicyclic) bond motifs is 12. The largest absolute Gasteiger partial charge is 0.455 e. The van der Waals surface area contributed by atoms with Gasteiger partial charge in [-0.15, -0.1) is 0 Å². The van der Waals surface area contributed by atoms with Gasteiger partial charge in [0.1, 0.15) is 11.2 Å². The second kappa shape index (κ2) is 16.9. The quantitative estimate of drug-likeness (QED) is 0.112. The van der Waals surface area contributed by atoms with Crippen molar-refractivity contribution in [2.75, 3.05) is 0 Å². The highest BCUT2D eigenvalue weighted by molar-refractivity contribution is 7.20. The molecule has 0 saturated heterocycles. The van der Waals surface area contributed by atoms with Crippen LogP contribution in [0.5, 0.6) is 0 Å². The molecule has 360 valence electrons. The monoisotopic (exact) mass is 1000 g/mol. The molecule has 0 amide bonds. The zero-order chi connectivity index (χ0) is 50.6. The van der Waals surface area contributed by atoms with E-state index in [1.165, 1.54) is 20.7 Å². The maximum absolute atomic E-state index is 7.58. The molecule has 0 unspecified atom stereocenters. The molecule has 8 heteroatoms. The molecule has 0 fully saturated rings. The maximum atomic E-state index is 7.58. The van der Waals surface area contributed by atoms with Crippen LogP contribution >= 0.6 is 0 Å². The number of para-hydroxylation sites is 6. The highest BCUT2D eigenvalue weighted by Crippen LogP contribution is 2.43. The highest BCUT2D eigenvalue weighted by Gasteiger charge is 2.43. The molecular formula is C69H44N6OSi. The van der Waals surface area contributed by atoms with Crippen LogP contribution in [0.15, 0.2) is 271 Å². The number of furan rings is 1. The Kier molecular flexibility index (Phi) is 9.52. The van der Waals surface area contributed by atoms with Crippen LogP contribution in [0.2, 0.25) is 0 Å². The zero-order valence-corrected chi connectivity index (χ0v) is 42.5. The molecule has 16 aromatic rings. The van der Waals surface area contributed by atoms with Crippen molar-refractivity contribution in [3.05, 3.63) is 267 Å². The van der Waals surface area contributed by atoms with Gasteiger partial charge in [-0.25, -0.2) is 0 Å². The third-order valence-electron chi connectivity index (χ3n) is 15.9. The fraction of sp³-hybridized carbons (Fsp3) is 0. The van der Waals surface area contributed by atoms with Crippen molar-refractivity contribution in [3.8, 4) is 29.0 Å². The van der Waals surface area contributed by atoms with Gasteiger partial charge in [0, 0.05) is 43.1 Å². The fourth-order valence-corrected chi connectivity index (χ4v) is 17.7. The Morgan fingerprint density at radius 3 is 1.06 bits per heavy atom. The van der Waals surface area contributed by atoms with Crippen LogP contribution in [0.1, 0.15) is 0 Å². The van der Waals surface area contributed by atoms with Crippen LogP contribution in [-0.4, -0.2) is 36.7 Å². The van der Waals surface area contributed by atoms with E-state index in [0.717, 1.165) is 93.0 Å². The van der Waals surface area contributed by atoms with E-state index >= 15 is 0 Å². The van der Waals surface area contributed by atoms with Crippen molar-refractivity contribution in [3.63, 3.8) is 0 Å². The minimum absolute atomic E-state index is 0.481. The Morgan fingerprint density at radius 1 is 0.299 bits per heavy atom. The first-order chi connectivity index (χ1) is 38.2. The normalized spacial score (nSPS) is 12.2. The summed E-state index contributed by atoms with van der Waals surface area (Å²) >= 11 is 0. The van der Waals surface area contributed by atoms with E-state index in [-0.39, 0.29) is 0 Å². The van der Waals surface area contributed by atoms with Crippen LogP contribution in [0, 0.1) is 0 Å². The molecule has 0 atom stereocenters. The lowest BCUT2D eigenvalue weighted by atomic mass is 10.1. The van der Waals surface area contributed by atoms with Crippen LogP contribution < -0.4 is 20.7 Å². The summed E-state index contributed by atoms with van der Waals surface area (Å²) in [6.07, 6.45) is 0. The van der Waals surface area contributed by atoms with Gasteiger partial charge in [-0.3, -0.25) is 9.13 Å². The van der Waals surface area contributed by atoms with E-state index in [1.807, 2.05) is 0 Å². The number of hydrogen-bond donors (Lipinski definition) is 0. The van der Waals surface area contributed by atoms with Crippen molar-refractivity contribution in [2.45, 2.75) is 0 Å². The summed E-state index contributed by atoms with van der Waals surface area (Å²) in [5.74, 6) is 1.47. The van der Waals surface area contributed by atoms with Crippen molar-refractivity contribution in [2.24, 2.45) is 0 Å². The molecule has 5 heterocycles. The van der Waals surface area contributed by atoms with Crippen LogP contribution in [0.25, 0.3) is 116 Å². The van der Waals surface area contributed by atoms with Crippen molar-refractivity contribution in [1.82, 2.24) is 28.7 Å². The van der Waals surface area contributed by atoms with Gasteiger partial charge in [-0.1, -0.05) is 212 Å². The van der Waals surface area contributed by atoms with Gasteiger partial charge in [0.15, 0.2) is 13.9 Å². The van der Waals surface area contributed by atoms with Crippen LogP contribution in [-0.2, 0) is 0 Å². The summed E-state index contributed by atoms with van der Waals surface area (Å²) in [6, 6.07) is 95.9. The van der Waals surface area contributed by atoms with E-state index < -0.39 is 8.07 Å². The average Bonchev–Trinajstić information content (AvgIpc) is 4.25. The van der Waals surface area contributed by atoms with E-state index in [1.54, 1.807) is 0 Å². The number of rotatable bonds is 8. The lowest BCUT2D eigenvalue weighted by molar-refractivity contribution is 0.669. The SMILES string of the molecule is c1ccc([Si](c2ccccc2)(c2ccccc2)c2cccc3oc4c(-c5nc(-n6c7ccccc7c7ccccc76)nc(-n6c7ccccc7c7ccccc76)n5)c(-n5c6ccccc6c6ccccc65)ccc4c23)cc1. The second-order valence-corrected chi connectivity index (χ2v) is 23.6. The van der Waals surface area contributed by atoms with Gasteiger partial charge >= 0.3 is 0 Å². The molecule has 0 aliphatic carbocycles.